The highest BCUT2D eigenvalue weighted by Gasteiger charge is 2.07. The first-order valence-electron chi connectivity index (χ1n) is 5.82. The third kappa shape index (κ3) is 6.11. The molecule has 1 aromatic rings. The van der Waals surface area contributed by atoms with Gasteiger partial charge >= 0.3 is 5.97 Å². The molecule has 0 heterocycles. The third-order valence-corrected chi connectivity index (χ3v) is 4.00. The van der Waals surface area contributed by atoms with Gasteiger partial charge in [0.2, 0.25) is 5.91 Å². The fourth-order valence-electron chi connectivity index (χ4n) is 1.35. The first kappa shape index (κ1) is 16.0. The van der Waals surface area contributed by atoms with Crippen LogP contribution in [0.2, 0.25) is 0 Å². The maximum Gasteiger partial charge on any atom is 0.315 e. The van der Waals surface area contributed by atoms with Gasteiger partial charge in [-0.05, 0) is 37.6 Å². The molecule has 4 nitrogen and oxygen atoms in total. The molecule has 0 aliphatic rings. The molecule has 0 atom stereocenters. The van der Waals surface area contributed by atoms with E-state index in [0.29, 0.717) is 6.61 Å². The van der Waals surface area contributed by atoms with Crippen LogP contribution in [0.25, 0.3) is 0 Å². The van der Waals surface area contributed by atoms with Gasteiger partial charge in [-0.2, -0.15) is 0 Å². The fraction of sp³-hybridized carbons (Fsp3) is 0.385. The Morgan fingerprint density at radius 2 is 2.11 bits per heavy atom. The van der Waals surface area contributed by atoms with E-state index >= 15 is 0 Å². The molecule has 1 rings (SSSR count). The molecule has 0 radical (unpaired) electrons. The molecular weight excluding hydrogens is 330 g/mol. The van der Waals surface area contributed by atoms with Crippen molar-refractivity contribution in [2.24, 2.45) is 0 Å². The lowest BCUT2D eigenvalue weighted by molar-refractivity contribution is -0.139. The number of carbonyl (C=O) groups excluding carboxylic acids is 2. The van der Waals surface area contributed by atoms with E-state index in [9.17, 15) is 9.59 Å². The van der Waals surface area contributed by atoms with Crippen LogP contribution in [0.15, 0.2) is 22.7 Å². The molecule has 19 heavy (non-hydrogen) atoms. The Hall–Kier alpha value is -1.01. The second-order valence-corrected chi connectivity index (χ2v) is 5.65. The molecule has 0 saturated heterocycles. The molecule has 0 spiro atoms. The molecule has 0 bridgehead atoms. The second-order valence-electron chi connectivity index (χ2n) is 3.81. The molecule has 0 fully saturated rings. The molecule has 0 aromatic heterocycles. The van der Waals surface area contributed by atoms with Crippen molar-refractivity contribution in [3.8, 4) is 0 Å². The summed E-state index contributed by atoms with van der Waals surface area (Å²) in [6.45, 7) is 4.07. The summed E-state index contributed by atoms with van der Waals surface area (Å²) < 4.78 is 5.78. The van der Waals surface area contributed by atoms with Crippen molar-refractivity contribution < 1.29 is 14.3 Å². The number of thioether (sulfide) groups is 1. The van der Waals surface area contributed by atoms with Crippen LogP contribution in [0.3, 0.4) is 0 Å². The maximum atomic E-state index is 11.7. The largest absolute Gasteiger partial charge is 0.465 e. The molecule has 0 aliphatic carbocycles. The predicted octanol–water partition coefficient (Wildman–Crippen LogP) is 2.99. The molecular formula is C13H16BrNO3S. The van der Waals surface area contributed by atoms with Gasteiger partial charge in [-0.3, -0.25) is 9.59 Å². The number of halogens is 1. The van der Waals surface area contributed by atoms with Crippen LogP contribution in [0.5, 0.6) is 0 Å². The van der Waals surface area contributed by atoms with Gasteiger partial charge < -0.3 is 10.1 Å². The predicted molar refractivity (Wildman–Crippen MR) is 81.5 cm³/mol. The van der Waals surface area contributed by atoms with E-state index < -0.39 is 0 Å². The van der Waals surface area contributed by atoms with E-state index in [1.807, 2.05) is 25.1 Å². The van der Waals surface area contributed by atoms with E-state index in [-0.39, 0.29) is 23.4 Å². The van der Waals surface area contributed by atoms with E-state index in [4.69, 9.17) is 4.74 Å². The summed E-state index contributed by atoms with van der Waals surface area (Å²) in [5, 5.41) is 2.78. The number of carbonyl (C=O) groups is 2. The van der Waals surface area contributed by atoms with Gasteiger partial charge in [-0.15, -0.1) is 11.8 Å². The lowest BCUT2D eigenvalue weighted by Gasteiger charge is -2.07. The van der Waals surface area contributed by atoms with Gasteiger partial charge in [-0.25, -0.2) is 0 Å². The zero-order chi connectivity index (χ0) is 14.3. The normalized spacial score (nSPS) is 10.1. The Bertz CT molecular complexity index is 465. The number of aryl methyl sites for hydroxylation is 1. The van der Waals surface area contributed by atoms with E-state index in [2.05, 4.69) is 21.2 Å². The summed E-state index contributed by atoms with van der Waals surface area (Å²) in [5.74, 6) is 0.00460. The van der Waals surface area contributed by atoms with Crippen LogP contribution in [0.1, 0.15) is 12.5 Å². The van der Waals surface area contributed by atoms with Gasteiger partial charge in [0.1, 0.15) is 0 Å². The monoisotopic (exact) mass is 345 g/mol. The number of hydrogen-bond donors (Lipinski definition) is 1. The average molecular weight is 346 g/mol. The van der Waals surface area contributed by atoms with Crippen molar-refractivity contribution in [3.05, 3.63) is 28.2 Å². The Morgan fingerprint density at radius 3 is 2.74 bits per heavy atom. The van der Waals surface area contributed by atoms with Crippen LogP contribution >= 0.6 is 27.7 Å². The molecule has 1 N–H and O–H groups in total. The molecule has 0 aliphatic heterocycles. The van der Waals surface area contributed by atoms with E-state index in [1.165, 1.54) is 11.8 Å². The van der Waals surface area contributed by atoms with Crippen LogP contribution in [-0.4, -0.2) is 30.0 Å². The zero-order valence-electron chi connectivity index (χ0n) is 10.9. The lowest BCUT2D eigenvalue weighted by Crippen LogP contribution is -2.16. The number of nitrogens with one attached hydrogen (secondary N) is 1. The Balaban J connectivity index is 2.35. The van der Waals surface area contributed by atoms with Crippen molar-refractivity contribution in [1.29, 1.82) is 0 Å². The average Bonchev–Trinajstić information content (AvgIpc) is 2.34. The highest BCUT2D eigenvalue weighted by atomic mass is 79.9. The quantitative estimate of drug-likeness (QED) is 0.805. The smallest absolute Gasteiger partial charge is 0.315 e. The number of rotatable bonds is 6. The summed E-state index contributed by atoms with van der Waals surface area (Å²) >= 11 is 4.64. The topological polar surface area (TPSA) is 55.4 Å². The van der Waals surface area contributed by atoms with Crippen LogP contribution in [0.4, 0.5) is 5.69 Å². The molecule has 1 amide bonds. The highest BCUT2D eigenvalue weighted by Crippen LogP contribution is 2.20. The van der Waals surface area contributed by atoms with Gasteiger partial charge in [0.05, 0.1) is 18.1 Å². The minimum Gasteiger partial charge on any atom is -0.465 e. The van der Waals surface area contributed by atoms with Crippen molar-refractivity contribution in [2.45, 2.75) is 13.8 Å². The Kier molecular flexibility index (Phi) is 6.94. The Morgan fingerprint density at radius 1 is 1.37 bits per heavy atom. The summed E-state index contributed by atoms with van der Waals surface area (Å²) in [4.78, 5) is 22.7. The van der Waals surface area contributed by atoms with E-state index in [1.54, 1.807) is 6.92 Å². The van der Waals surface area contributed by atoms with Gasteiger partial charge in [0.25, 0.3) is 0 Å². The molecule has 104 valence electrons. The summed E-state index contributed by atoms with van der Waals surface area (Å²) in [7, 11) is 0. The standard InChI is InChI=1S/C13H16BrNO3S/c1-3-18-13(17)8-19-7-12(16)15-10-4-5-11(14)9(2)6-10/h4-6H,3,7-8H2,1-2H3,(H,15,16). The number of amides is 1. The fourth-order valence-corrected chi connectivity index (χ4v) is 2.21. The van der Waals surface area contributed by atoms with Crippen molar-refractivity contribution in [2.75, 3.05) is 23.4 Å². The Labute approximate surface area is 125 Å². The first-order chi connectivity index (χ1) is 9.02. The number of benzene rings is 1. The number of hydrogen-bond acceptors (Lipinski definition) is 4. The summed E-state index contributed by atoms with van der Waals surface area (Å²) in [6.07, 6.45) is 0. The highest BCUT2D eigenvalue weighted by molar-refractivity contribution is 9.10. The van der Waals surface area contributed by atoms with Crippen LogP contribution < -0.4 is 5.32 Å². The number of anilines is 1. The maximum absolute atomic E-state index is 11.7. The van der Waals surface area contributed by atoms with Crippen molar-refractivity contribution in [1.82, 2.24) is 0 Å². The van der Waals surface area contributed by atoms with E-state index in [0.717, 1.165) is 15.7 Å². The minimum atomic E-state index is -0.292. The number of esters is 1. The molecule has 0 unspecified atom stereocenters. The van der Waals surface area contributed by atoms with Crippen molar-refractivity contribution >= 4 is 45.3 Å². The lowest BCUT2D eigenvalue weighted by atomic mass is 10.2. The number of ether oxygens (including phenoxy) is 1. The van der Waals surface area contributed by atoms with Crippen LogP contribution in [-0.2, 0) is 14.3 Å². The SMILES string of the molecule is CCOC(=O)CSCC(=O)Nc1ccc(Br)c(C)c1. The summed E-state index contributed by atoms with van der Waals surface area (Å²) in [6, 6.07) is 5.60. The molecule has 6 heteroatoms. The van der Waals surface area contributed by atoms with Crippen molar-refractivity contribution in [3.63, 3.8) is 0 Å². The minimum absolute atomic E-state index is 0.129. The molecule has 1 aromatic carbocycles. The second kappa shape index (κ2) is 8.22. The molecule has 0 saturated carbocycles. The van der Waals surface area contributed by atoms with Gasteiger partial charge in [0.15, 0.2) is 0 Å². The van der Waals surface area contributed by atoms with Crippen LogP contribution in [0, 0.1) is 6.92 Å². The third-order valence-electron chi connectivity index (χ3n) is 2.20. The zero-order valence-corrected chi connectivity index (χ0v) is 13.3. The van der Waals surface area contributed by atoms with Gasteiger partial charge in [0, 0.05) is 10.2 Å². The first-order valence-corrected chi connectivity index (χ1v) is 7.77. The summed E-state index contributed by atoms with van der Waals surface area (Å²) in [5.41, 5.74) is 1.81. The van der Waals surface area contributed by atoms with Gasteiger partial charge in [-0.1, -0.05) is 15.9 Å².